The van der Waals surface area contributed by atoms with Gasteiger partial charge in [0, 0.05) is 6.54 Å². The second-order valence-electron chi connectivity index (χ2n) is 6.45. The highest BCUT2D eigenvalue weighted by atomic mass is 16.3. The molecule has 1 aliphatic heterocycles. The van der Waals surface area contributed by atoms with Crippen LogP contribution in [-0.2, 0) is 11.2 Å². The molecule has 128 valence electrons. The summed E-state index contributed by atoms with van der Waals surface area (Å²) in [5, 5.41) is 3.10. The van der Waals surface area contributed by atoms with Crippen molar-refractivity contribution in [2.45, 2.75) is 38.1 Å². The van der Waals surface area contributed by atoms with Gasteiger partial charge in [-0.25, -0.2) is 0 Å². The van der Waals surface area contributed by atoms with Crippen molar-refractivity contribution in [3.05, 3.63) is 60.1 Å². The van der Waals surface area contributed by atoms with Crippen LogP contribution in [0.3, 0.4) is 0 Å². The molecule has 1 N–H and O–H groups in total. The SMILES string of the molecule is O=C(Cc1ccccc1)NCC(c1ccco1)N1CCCCCC1. The quantitative estimate of drug-likeness (QED) is 0.883. The van der Waals surface area contributed by atoms with E-state index in [0.29, 0.717) is 13.0 Å². The van der Waals surface area contributed by atoms with Gasteiger partial charge in [0.05, 0.1) is 18.7 Å². The molecule has 1 saturated heterocycles. The zero-order chi connectivity index (χ0) is 16.6. The Kier molecular flexibility index (Phi) is 6.07. The maximum absolute atomic E-state index is 12.3. The topological polar surface area (TPSA) is 45.5 Å². The lowest BCUT2D eigenvalue weighted by Crippen LogP contribution is -2.39. The van der Waals surface area contributed by atoms with Gasteiger partial charge in [-0.3, -0.25) is 9.69 Å². The minimum absolute atomic E-state index is 0.0626. The highest BCUT2D eigenvalue weighted by Crippen LogP contribution is 2.24. The van der Waals surface area contributed by atoms with E-state index in [9.17, 15) is 4.79 Å². The number of amides is 1. The minimum Gasteiger partial charge on any atom is -0.468 e. The fourth-order valence-corrected chi connectivity index (χ4v) is 3.35. The van der Waals surface area contributed by atoms with Gasteiger partial charge in [-0.1, -0.05) is 43.2 Å². The van der Waals surface area contributed by atoms with Crippen LogP contribution in [-0.4, -0.2) is 30.4 Å². The fraction of sp³-hybridized carbons (Fsp3) is 0.450. The van der Waals surface area contributed by atoms with Gasteiger partial charge in [-0.15, -0.1) is 0 Å². The number of rotatable bonds is 6. The normalized spacial score (nSPS) is 17.2. The molecule has 3 rings (SSSR count). The zero-order valence-corrected chi connectivity index (χ0v) is 14.1. The lowest BCUT2D eigenvalue weighted by molar-refractivity contribution is -0.120. The predicted molar refractivity (Wildman–Crippen MR) is 94.6 cm³/mol. The predicted octanol–water partition coefficient (Wildman–Crippen LogP) is 3.56. The summed E-state index contributed by atoms with van der Waals surface area (Å²) in [6, 6.07) is 13.9. The third kappa shape index (κ3) is 4.71. The summed E-state index contributed by atoms with van der Waals surface area (Å²) >= 11 is 0. The van der Waals surface area contributed by atoms with Gasteiger partial charge < -0.3 is 9.73 Å². The van der Waals surface area contributed by atoms with Crippen LogP contribution in [0.2, 0.25) is 0 Å². The molecule has 1 unspecified atom stereocenters. The summed E-state index contributed by atoms with van der Waals surface area (Å²) in [5.41, 5.74) is 1.04. The van der Waals surface area contributed by atoms with Gasteiger partial charge in [-0.05, 0) is 43.6 Å². The van der Waals surface area contributed by atoms with Crippen LogP contribution in [0.1, 0.15) is 43.0 Å². The average molecular weight is 326 g/mol. The summed E-state index contributed by atoms with van der Waals surface area (Å²) in [7, 11) is 0. The number of furan rings is 1. The van der Waals surface area contributed by atoms with E-state index in [1.54, 1.807) is 6.26 Å². The number of carbonyl (C=O) groups excluding carboxylic acids is 1. The van der Waals surface area contributed by atoms with E-state index in [1.165, 1.54) is 25.7 Å². The summed E-state index contributed by atoms with van der Waals surface area (Å²) in [5.74, 6) is 1.00. The molecule has 0 radical (unpaired) electrons. The van der Waals surface area contributed by atoms with E-state index < -0.39 is 0 Å². The second-order valence-corrected chi connectivity index (χ2v) is 6.45. The highest BCUT2D eigenvalue weighted by molar-refractivity contribution is 5.78. The zero-order valence-electron chi connectivity index (χ0n) is 14.1. The van der Waals surface area contributed by atoms with Crippen LogP contribution in [0.5, 0.6) is 0 Å². The summed E-state index contributed by atoms with van der Waals surface area (Å²) < 4.78 is 5.65. The number of hydrogen-bond acceptors (Lipinski definition) is 3. The second kappa shape index (κ2) is 8.69. The lowest BCUT2D eigenvalue weighted by Gasteiger charge is -2.29. The Morgan fingerprint density at radius 1 is 1.04 bits per heavy atom. The highest BCUT2D eigenvalue weighted by Gasteiger charge is 2.24. The van der Waals surface area contributed by atoms with E-state index in [-0.39, 0.29) is 11.9 Å². The van der Waals surface area contributed by atoms with Crippen molar-refractivity contribution in [2.24, 2.45) is 0 Å². The first-order chi connectivity index (χ1) is 11.8. The molecule has 0 bridgehead atoms. The molecule has 24 heavy (non-hydrogen) atoms. The monoisotopic (exact) mass is 326 g/mol. The number of benzene rings is 1. The number of nitrogens with zero attached hydrogens (tertiary/aromatic N) is 1. The van der Waals surface area contributed by atoms with Crippen molar-refractivity contribution >= 4 is 5.91 Å². The van der Waals surface area contributed by atoms with Crippen molar-refractivity contribution in [3.63, 3.8) is 0 Å². The van der Waals surface area contributed by atoms with Crippen LogP contribution in [0, 0.1) is 0 Å². The molecule has 1 amide bonds. The molecule has 2 aromatic rings. The minimum atomic E-state index is 0.0626. The molecule has 4 heteroatoms. The molecule has 0 saturated carbocycles. The van der Waals surface area contributed by atoms with Gasteiger partial charge in [0.2, 0.25) is 5.91 Å². The molecule has 2 heterocycles. The Morgan fingerprint density at radius 2 is 1.79 bits per heavy atom. The Bertz CT molecular complexity index is 602. The third-order valence-corrected chi connectivity index (χ3v) is 4.65. The van der Waals surface area contributed by atoms with Crippen molar-refractivity contribution in [1.82, 2.24) is 10.2 Å². The van der Waals surface area contributed by atoms with Gasteiger partial charge in [0.25, 0.3) is 0 Å². The van der Waals surface area contributed by atoms with Gasteiger partial charge in [0.1, 0.15) is 5.76 Å². The maximum Gasteiger partial charge on any atom is 0.224 e. The standard InChI is InChI=1S/C20H26N2O2/c23-20(15-17-9-4-3-5-10-17)21-16-18(19-11-8-14-24-19)22-12-6-1-2-7-13-22/h3-5,8-11,14,18H,1-2,6-7,12-13,15-16H2,(H,21,23). The van der Waals surface area contributed by atoms with Crippen LogP contribution in [0.15, 0.2) is 53.1 Å². The van der Waals surface area contributed by atoms with E-state index in [2.05, 4.69) is 10.2 Å². The lowest BCUT2D eigenvalue weighted by atomic mass is 10.1. The number of hydrogen-bond donors (Lipinski definition) is 1. The van der Waals surface area contributed by atoms with E-state index in [1.807, 2.05) is 42.5 Å². The van der Waals surface area contributed by atoms with Gasteiger partial charge in [0.15, 0.2) is 0 Å². The summed E-state index contributed by atoms with van der Waals surface area (Å²) in [6.07, 6.45) is 7.16. The molecule has 0 spiro atoms. The molecule has 4 nitrogen and oxygen atoms in total. The largest absolute Gasteiger partial charge is 0.468 e. The van der Waals surface area contributed by atoms with Crippen LogP contribution < -0.4 is 5.32 Å². The van der Waals surface area contributed by atoms with Crippen LogP contribution in [0.25, 0.3) is 0 Å². The first-order valence-electron chi connectivity index (χ1n) is 8.91. The number of likely N-dealkylation sites (tertiary alicyclic amines) is 1. The van der Waals surface area contributed by atoms with Crippen molar-refractivity contribution in [1.29, 1.82) is 0 Å². The fourth-order valence-electron chi connectivity index (χ4n) is 3.35. The Morgan fingerprint density at radius 3 is 2.46 bits per heavy atom. The maximum atomic E-state index is 12.3. The summed E-state index contributed by atoms with van der Waals surface area (Å²) in [4.78, 5) is 14.7. The van der Waals surface area contributed by atoms with Crippen molar-refractivity contribution in [2.75, 3.05) is 19.6 Å². The average Bonchev–Trinajstić information content (AvgIpc) is 2.99. The molecular weight excluding hydrogens is 300 g/mol. The molecule has 1 aromatic carbocycles. The van der Waals surface area contributed by atoms with Crippen LogP contribution >= 0.6 is 0 Å². The van der Waals surface area contributed by atoms with Crippen molar-refractivity contribution in [3.8, 4) is 0 Å². The molecular formula is C20H26N2O2. The van der Waals surface area contributed by atoms with Gasteiger partial charge in [-0.2, -0.15) is 0 Å². The smallest absolute Gasteiger partial charge is 0.224 e. The Balaban J connectivity index is 1.60. The number of nitrogens with one attached hydrogen (secondary N) is 1. The van der Waals surface area contributed by atoms with Crippen LogP contribution in [0.4, 0.5) is 0 Å². The first kappa shape index (κ1) is 16.8. The number of carbonyl (C=O) groups is 1. The Labute approximate surface area is 143 Å². The third-order valence-electron chi connectivity index (χ3n) is 4.65. The van der Waals surface area contributed by atoms with E-state index in [0.717, 1.165) is 24.4 Å². The molecule has 1 atom stereocenters. The van der Waals surface area contributed by atoms with Crippen molar-refractivity contribution < 1.29 is 9.21 Å². The molecule has 0 aliphatic carbocycles. The van der Waals surface area contributed by atoms with E-state index in [4.69, 9.17) is 4.42 Å². The Hall–Kier alpha value is -2.07. The molecule has 1 fully saturated rings. The molecule has 1 aliphatic rings. The first-order valence-corrected chi connectivity index (χ1v) is 8.91. The summed E-state index contributed by atoms with van der Waals surface area (Å²) in [6.45, 7) is 2.74. The molecule has 1 aromatic heterocycles. The van der Waals surface area contributed by atoms with E-state index >= 15 is 0 Å². The van der Waals surface area contributed by atoms with Gasteiger partial charge >= 0.3 is 0 Å².